The summed E-state index contributed by atoms with van der Waals surface area (Å²) in [6.45, 7) is 4.11. The Morgan fingerprint density at radius 2 is 1.84 bits per heavy atom. The Labute approximate surface area is 185 Å². The molecule has 0 aliphatic heterocycles. The van der Waals surface area contributed by atoms with Gasteiger partial charge in [-0.1, -0.05) is 50.5 Å². The van der Waals surface area contributed by atoms with Crippen LogP contribution in [0.25, 0.3) is 16.8 Å². The highest BCUT2D eigenvalue weighted by molar-refractivity contribution is 5.93. The van der Waals surface area contributed by atoms with E-state index in [1.54, 1.807) is 35.2 Å². The summed E-state index contributed by atoms with van der Waals surface area (Å²) < 4.78 is 43.3. The molecule has 0 bridgehead atoms. The van der Waals surface area contributed by atoms with Gasteiger partial charge in [-0.05, 0) is 48.7 Å². The second kappa shape index (κ2) is 10.3. The second-order valence-electron chi connectivity index (χ2n) is 7.65. The third-order valence-electron chi connectivity index (χ3n) is 5.01. The Bertz CT molecular complexity index is 1050. The minimum absolute atomic E-state index is 0.0418. The molecule has 3 rings (SSSR count). The number of imidazole rings is 1. The third kappa shape index (κ3) is 6.35. The summed E-state index contributed by atoms with van der Waals surface area (Å²) >= 11 is 0. The van der Waals surface area contributed by atoms with Crippen molar-refractivity contribution in [3.63, 3.8) is 0 Å². The van der Waals surface area contributed by atoms with Crippen molar-refractivity contribution < 1.29 is 22.7 Å². The van der Waals surface area contributed by atoms with Gasteiger partial charge in [-0.2, -0.15) is 0 Å². The van der Waals surface area contributed by atoms with Crippen LogP contribution in [0.15, 0.2) is 61.1 Å². The first-order chi connectivity index (χ1) is 15.3. The molecular formula is C24H26F3N3O2. The van der Waals surface area contributed by atoms with Crippen LogP contribution >= 0.6 is 0 Å². The second-order valence-corrected chi connectivity index (χ2v) is 7.65. The predicted molar refractivity (Wildman–Crippen MR) is 117 cm³/mol. The molecule has 1 heterocycles. The lowest BCUT2D eigenvalue weighted by atomic mass is 10.0. The number of nitrogens with zero attached hydrogens (tertiary/aromatic N) is 2. The van der Waals surface area contributed by atoms with Crippen LogP contribution in [0.3, 0.4) is 0 Å². The fourth-order valence-corrected chi connectivity index (χ4v) is 3.45. The average molecular weight is 445 g/mol. The largest absolute Gasteiger partial charge is 0.573 e. The van der Waals surface area contributed by atoms with Gasteiger partial charge in [0.1, 0.15) is 11.4 Å². The smallest absolute Gasteiger partial charge is 0.406 e. The highest BCUT2D eigenvalue weighted by atomic mass is 19.4. The summed E-state index contributed by atoms with van der Waals surface area (Å²) in [5.74, 6) is -0.516. The Balaban J connectivity index is 1.80. The summed E-state index contributed by atoms with van der Waals surface area (Å²) in [5, 5.41) is 3.00. The van der Waals surface area contributed by atoms with E-state index in [-0.39, 0.29) is 17.7 Å². The minimum atomic E-state index is -4.76. The van der Waals surface area contributed by atoms with Crippen molar-refractivity contribution in [1.82, 2.24) is 14.9 Å². The highest BCUT2D eigenvalue weighted by Gasteiger charge is 2.31. The fourth-order valence-electron chi connectivity index (χ4n) is 3.45. The van der Waals surface area contributed by atoms with Gasteiger partial charge < -0.3 is 10.1 Å². The number of unbranched alkanes of at least 4 members (excludes halogenated alkanes) is 2. The maximum atomic E-state index is 12.8. The molecular weight excluding hydrogens is 419 g/mol. The van der Waals surface area contributed by atoms with Crippen LogP contribution in [0.2, 0.25) is 0 Å². The molecule has 1 atom stereocenters. The van der Waals surface area contributed by atoms with Crippen molar-refractivity contribution in [2.75, 3.05) is 0 Å². The van der Waals surface area contributed by atoms with Crippen LogP contribution in [0.5, 0.6) is 5.75 Å². The number of rotatable bonds is 9. The van der Waals surface area contributed by atoms with E-state index in [0.29, 0.717) is 22.5 Å². The lowest BCUT2D eigenvalue weighted by Crippen LogP contribution is -2.33. The molecule has 1 amide bonds. The number of halogens is 3. The Morgan fingerprint density at radius 3 is 2.56 bits per heavy atom. The number of benzene rings is 2. The molecule has 0 saturated carbocycles. The summed E-state index contributed by atoms with van der Waals surface area (Å²) in [7, 11) is 0. The molecule has 3 aromatic rings. The number of amides is 1. The first-order valence-corrected chi connectivity index (χ1v) is 10.6. The van der Waals surface area contributed by atoms with E-state index in [1.807, 2.05) is 13.0 Å². The Morgan fingerprint density at radius 1 is 1.12 bits per heavy atom. The first kappa shape index (κ1) is 23.4. The molecule has 32 heavy (non-hydrogen) atoms. The van der Waals surface area contributed by atoms with Gasteiger partial charge in [0.2, 0.25) is 0 Å². The van der Waals surface area contributed by atoms with Crippen LogP contribution in [0.4, 0.5) is 13.2 Å². The lowest BCUT2D eigenvalue weighted by Gasteiger charge is -2.15. The van der Waals surface area contributed by atoms with E-state index in [1.165, 1.54) is 24.4 Å². The fraction of sp³-hybridized carbons (Fsp3) is 0.333. The molecule has 0 aliphatic carbocycles. The van der Waals surface area contributed by atoms with Crippen LogP contribution in [0.1, 0.15) is 50.0 Å². The predicted octanol–water partition coefficient (Wildman–Crippen LogP) is 6.14. The summed E-state index contributed by atoms with van der Waals surface area (Å²) in [5.41, 5.74) is 2.30. The molecule has 2 aromatic carbocycles. The molecule has 0 unspecified atom stereocenters. The number of hydrogen-bond acceptors (Lipinski definition) is 3. The molecule has 170 valence electrons. The highest BCUT2D eigenvalue weighted by Crippen LogP contribution is 2.29. The third-order valence-corrected chi connectivity index (χ3v) is 5.01. The lowest BCUT2D eigenvalue weighted by molar-refractivity contribution is -0.274. The quantitative estimate of drug-likeness (QED) is 0.403. The van der Waals surface area contributed by atoms with Crippen LogP contribution < -0.4 is 10.1 Å². The van der Waals surface area contributed by atoms with E-state index in [4.69, 9.17) is 0 Å². The van der Waals surface area contributed by atoms with Gasteiger partial charge in [0.25, 0.3) is 5.91 Å². The molecule has 0 saturated heterocycles. The Kier molecular flexibility index (Phi) is 7.56. The van der Waals surface area contributed by atoms with E-state index >= 15 is 0 Å². The number of carbonyl (C=O) groups is 1. The first-order valence-electron chi connectivity index (χ1n) is 10.6. The van der Waals surface area contributed by atoms with Crippen molar-refractivity contribution in [3.8, 4) is 22.6 Å². The van der Waals surface area contributed by atoms with Crippen molar-refractivity contribution >= 4 is 5.91 Å². The minimum Gasteiger partial charge on any atom is -0.406 e. The zero-order valence-electron chi connectivity index (χ0n) is 18.0. The standard InChI is InChI=1S/C24H26F3N3O2/c1-3-4-5-8-17(2)29-23(31)22-15-28-16-30(22)20-11-6-9-18(13-20)19-10-7-12-21(14-19)32-24(25,26)27/h6-7,9-17H,3-5,8H2,1-2H3,(H,29,31)/t17-/m1/s1. The van der Waals surface area contributed by atoms with Crippen LogP contribution in [-0.4, -0.2) is 27.9 Å². The number of aromatic nitrogens is 2. The summed E-state index contributed by atoms with van der Waals surface area (Å²) in [4.78, 5) is 16.9. The molecule has 5 nitrogen and oxygen atoms in total. The summed E-state index contributed by atoms with van der Waals surface area (Å²) in [6.07, 6.45) is 2.48. The molecule has 1 aromatic heterocycles. The van der Waals surface area contributed by atoms with Gasteiger partial charge in [0.15, 0.2) is 0 Å². The van der Waals surface area contributed by atoms with Gasteiger partial charge in [0, 0.05) is 11.7 Å². The number of alkyl halides is 3. The van der Waals surface area contributed by atoms with E-state index in [9.17, 15) is 18.0 Å². The number of nitrogens with one attached hydrogen (secondary N) is 1. The maximum absolute atomic E-state index is 12.8. The van der Waals surface area contributed by atoms with E-state index in [0.717, 1.165) is 25.7 Å². The van der Waals surface area contributed by atoms with Gasteiger partial charge >= 0.3 is 6.36 Å². The molecule has 0 aliphatic rings. The van der Waals surface area contributed by atoms with Gasteiger partial charge in [0.05, 0.1) is 12.5 Å². The molecule has 0 radical (unpaired) electrons. The van der Waals surface area contributed by atoms with Crippen LogP contribution in [-0.2, 0) is 0 Å². The monoisotopic (exact) mass is 445 g/mol. The van der Waals surface area contributed by atoms with Crippen molar-refractivity contribution in [3.05, 3.63) is 66.7 Å². The molecule has 8 heteroatoms. The maximum Gasteiger partial charge on any atom is 0.573 e. The number of ether oxygens (including phenoxy) is 1. The molecule has 0 fully saturated rings. The zero-order chi connectivity index (χ0) is 23.1. The number of hydrogen-bond donors (Lipinski definition) is 1. The Hall–Kier alpha value is -3.29. The van der Waals surface area contributed by atoms with Gasteiger partial charge in [-0.15, -0.1) is 13.2 Å². The summed E-state index contributed by atoms with van der Waals surface area (Å²) in [6, 6.07) is 13.0. The molecule has 0 spiro atoms. The topological polar surface area (TPSA) is 56.2 Å². The van der Waals surface area contributed by atoms with E-state index < -0.39 is 6.36 Å². The van der Waals surface area contributed by atoms with Crippen molar-refractivity contribution in [1.29, 1.82) is 0 Å². The van der Waals surface area contributed by atoms with Gasteiger partial charge in [-0.3, -0.25) is 9.36 Å². The molecule has 1 N–H and O–H groups in total. The average Bonchev–Trinajstić information content (AvgIpc) is 3.23. The van der Waals surface area contributed by atoms with Crippen molar-refractivity contribution in [2.24, 2.45) is 0 Å². The van der Waals surface area contributed by atoms with Crippen molar-refractivity contribution in [2.45, 2.75) is 51.9 Å². The van der Waals surface area contributed by atoms with Crippen LogP contribution in [0, 0.1) is 0 Å². The zero-order valence-corrected chi connectivity index (χ0v) is 18.0. The SMILES string of the molecule is CCCCC[C@@H](C)NC(=O)c1cncn1-c1cccc(-c2cccc(OC(F)(F)F)c2)c1. The van der Waals surface area contributed by atoms with E-state index in [2.05, 4.69) is 22.0 Å². The van der Waals surface area contributed by atoms with Gasteiger partial charge in [-0.25, -0.2) is 4.98 Å². The number of carbonyl (C=O) groups excluding carboxylic acids is 1. The normalized spacial score (nSPS) is 12.4.